The van der Waals surface area contributed by atoms with Gasteiger partial charge in [0.1, 0.15) is 5.75 Å². The van der Waals surface area contributed by atoms with E-state index in [1.54, 1.807) is 12.1 Å². The molecule has 6 nitrogen and oxygen atoms in total. The molecule has 2 aromatic carbocycles. The Morgan fingerprint density at radius 1 is 1.07 bits per heavy atom. The molecule has 1 unspecified atom stereocenters. The molecule has 0 aliphatic carbocycles. The van der Waals surface area contributed by atoms with Crippen LogP contribution in [0.15, 0.2) is 59.5 Å². The van der Waals surface area contributed by atoms with Crippen LogP contribution in [0.3, 0.4) is 0 Å². The van der Waals surface area contributed by atoms with E-state index in [0.29, 0.717) is 18.1 Å². The summed E-state index contributed by atoms with van der Waals surface area (Å²) < 4.78 is 31.7. The van der Waals surface area contributed by atoms with Gasteiger partial charge >= 0.3 is 0 Å². The Balaban J connectivity index is 1.90. The lowest BCUT2D eigenvalue weighted by Crippen LogP contribution is -2.31. The number of ether oxygens (including phenoxy) is 1. The lowest BCUT2D eigenvalue weighted by molar-refractivity contribution is -0.122. The molecule has 0 spiro atoms. The van der Waals surface area contributed by atoms with Gasteiger partial charge in [0.25, 0.3) is 0 Å². The average Bonchev–Trinajstić information content (AvgIpc) is 2.73. The van der Waals surface area contributed by atoms with Gasteiger partial charge in [0, 0.05) is 20.0 Å². The number of methoxy groups -OCH3 is 1. The lowest BCUT2D eigenvalue weighted by atomic mass is 9.97. The largest absolute Gasteiger partial charge is 0.497 e. The molecule has 0 fully saturated rings. The third-order valence-corrected chi connectivity index (χ3v) is 6.76. The molecule has 0 aliphatic heterocycles. The first-order valence-corrected chi connectivity index (χ1v) is 11.6. The molecule has 0 radical (unpaired) electrons. The van der Waals surface area contributed by atoms with Gasteiger partial charge in [-0.15, -0.1) is 0 Å². The summed E-state index contributed by atoms with van der Waals surface area (Å²) in [5.41, 5.74) is 1.08. The molecule has 0 bridgehead atoms. The molecule has 2 aromatic rings. The van der Waals surface area contributed by atoms with Crippen molar-refractivity contribution in [2.24, 2.45) is 5.92 Å². The zero-order valence-corrected chi connectivity index (χ0v) is 19.0. The van der Waals surface area contributed by atoms with E-state index in [1.165, 1.54) is 30.6 Å². The zero-order valence-electron chi connectivity index (χ0n) is 18.2. The minimum atomic E-state index is -3.60. The quantitative estimate of drug-likeness (QED) is 0.582. The SMILES string of the molecule is COc1ccc(S(=O)(=O)N(C)CCCC(=O)NC(CC(C)C)c2ccccc2)cc1. The fraction of sp³-hybridized carbons (Fsp3) is 0.435. The molecule has 7 heteroatoms. The molecule has 1 amide bonds. The van der Waals surface area contributed by atoms with Crippen LogP contribution in [0.1, 0.15) is 44.7 Å². The molecule has 0 aliphatic rings. The number of nitrogens with zero attached hydrogens (tertiary/aromatic N) is 1. The number of sulfonamides is 1. The summed E-state index contributed by atoms with van der Waals surface area (Å²) in [5.74, 6) is 0.971. The summed E-state index contributed by atoms with van der Waals surface area (Å²) in [6.07, 6.45) is 1.56. The van der Waals surface area contributed by atoms with Crippen LogP contribution in [0, 0.1) is 5.92 Å². The summed E-state index contributed by atoms with van der Waals surface area (Å²) in [6, 6.07) is 16.2. The van der Waals surface area contributed by atoms with Crippen LogP contribution in [0.5, 0.6) is 5.75 Å². The summed E-state index contributed by atoms with van der Waals surface area (Å²) in [5, 5.41) is 3.10. The first-order chi connectivity index (χ1) is 14.2. The molecule has 164 valence electrons. The van der Waals surface area contributed by atoms with Crippen LogP contribution < -0.4 is 10.1 Å². The fourth-order valence-corrected chi connectivity index (χ4v) is 4.42. The zero-order chi connectivity index (χ0) is 22.1. The van der Waals surface area contributed by atoms with Crippen molar-refractivity contribution in [3.63, 3.8) is 0 Å². The molecular formula is C23H32N2O4S. The predicted molar refractivity (Wildman–Crippen MR) is 119 cm³/mol. The van der Waals surface area contributed by atoms with Crippen LogP contribution in [0.4, 0.5) is 0 Å². The fourth-order valence-electron chi connectivity index (χ4n) is 3.21. The van der Waals surface area contributed by atoms with Crippen LogP contribution in [0.2, 0.25) is 0 Å². The van der Waals surface area contributed by atoms with Gasteiger partial charge in [-0.05, 0) is 48.6 Å². The van der Waals surface area contributed by atoms with E-state index in [-0.39, 0.29) is 29.8 Å². The minimum Gasteiger partial charge on any atom is -0.497 e. The topological polar surface area (TPSA) is 75.7 Å². The summed E-state index contributed by atoms with van der Waals surface area (Å²) in [4.78, 5) is 12.7. The van der Waals surface area contributed by atoms with E-state index in [2.05, 4.69) is 19.2 Å². The van der Waals surface area contributed by atoms with Gasteiger partial charge in [0.2, 0.25) is 15.9 Å². The first-order valence-electron chi connectivity index (χ1n) is 10.2. The first kappa shape index (κ1) is 23.9. The van der Waals surface area contributed by atoms with Crippen molar-refractivity contribution in [1.29, 1.82) is 0 Å². The molecular weight excluding hydrogens is 400 g/mol. The Bertz CT molecular complexity index is 897. The van der Waals surface area contributed by atoms with Crippen molar-refractivity contribution >= 4 is 15.9 Å². The Labute approximate surface area is 180 Å². The molecule has 0 saturated carbocycles. The maximum atomic E-state index is 12.7. The summed E-state index contributed by atoms with van der Waals surface area (Å²) >= 11 is 0. The Morgan fingerprint density at radius 3 is 2.27 bits per heavy atom. The minimum absolute atomic E-state index is 0.0422. The van der Waals surface area contributed by atoms with Gasteiger partial charge in [-0.1, -0.05) is 44.2 Å². The van der Waals surface area contributed by atoms with Crippen molar-refractivity contribution in [2.75, 3.05) is 20.7 Å². The van der Waals surface area contributed by atoms with Crippen molar-refractivity contribution in [1.82, 2.24) is 9.62 Å². The van der Waals surface area contributed by atoms with E-state index in [1.807, 2.05) is 30.3 Å². The summed E-state index contributed by atoms with van der Waals surface area (Å²) in [6.45, 7) is 4.52. The molecule has 30 heavy (non-hydrogen) atoms. The lowest BCUT2D eigenvalue weighted by Gasteiger charge is -2.22. The highest BCUT2D eigenvalue weighted by molar-refractivity contribution is 7.89. The number of hydrogen-bond donors (Lipinski definition) is 1. The number of nitrogens with one attached hydrogen (secondary N) is 1. The molecule has 0 saturated heterocycles. The summed E-state index contributed by atoms with van der Waals surface area (Å²) in [7, 11) is -0.535. The monoisotopic (exact) mass is 432 g/mol. The van der Waals surface area contributed by atoms with E-state index < -0.39 is 10.0 Å². The second kappa shape index (κ2) is 11.1. The van der Waals surface area contributed by atoms with Crippen LogP contribution >= 0.6 is 0 Å². The number of hydrogen-bond acceptors (Lipinski definition) is 4. The smallest absolute Gasteiger partial charge is 0.242 e. The highest BCUT2D eigenvalue weighted by Gasteiger charge is 2.21. The second-order valence-electron chi connectivity index (χ2n) is 7.77. The van der Waals surface area contributed by atoms with Crippen molar-refractivity contribution in [3.05, 3.63) is 60.2 Å². The number of amides is 1. The Morgan fingerprint density at radius 2 is 1.70 bits per heavy atom. The van der Waals surface area contributed by atoms with Gasteiger partial charge in [0.15, 0.2) is 0 Å². The standard InChI is InChI=1S/C23H32N2O4S/c1-18(2)17-22(19-9-6-5-7-10-19)24-23(26)11-8-16-25(3)30(27,28)21-14-12-20(29-4)13-15-21/h5-7,9-10,12-15,18,22H,8,11,16-17H2,1-4H3,(H,24,26). The van der Waals surface area contributed by atoms with Gasteiger partial charge in [-0.3, -0.25) is 4.79 Å². The highest BCUT2D eigenvalue weighted by Crippen LogP contribution is 2.22. The third-order valence-electron chi connectivity index (χ3n) is 4.89. The van der Waals surface area contributed by atoms with Crippen LogP contribution in [-0.4, -0.2) is 39.3 Å². The van der Waals surface area contributed by atoms with Gasteiger partial charge in [-0.2, -0.15) is 0 Å². The maximum Gasteiger partial charge on any atom is 0.242 e. The van der Waals surface area contributed by atoms with Crippen molar-refractivity contribution in [3.8, 4) is 5.75 Å². The highest BCUT2D eigenvalue weighted by atomic mass is 32.2. The number of benzene rings is 2. The van der Waals surface area contributed by atoms with E-state index in [4.69, 9.17) is 4.74 Å². The van der Waals surface area contributed by atoms with Gasteiger partial charge < -0.3 is 10.1 Å². The molecule has 1 atom stereocenters. The van der Waals surface area contributed by atoms with E-state index >= 15 is 0 Å². The molecule has 0 heterocycles. The number of carbonyl (C=O) groups excluding carboxylic acids is 1. The van der Waals surface area contributed by atoms with Gasteiger partial charge in [0.05, 0.1) is 18.0 Å². The predicted octanol–water partition coefficient (Wildman–Crippen LogP) is 4.00. The average molecular weight is 433 g/mol. The van der Waals surface area contributed by atoms with Crippen molar-refractivity contribution < 1.29 is 17.9 Å². The molecule has 1 N–H and O–H groups in total. The van der Waals surface area contributed by atoms with E-state index in [0.717, 1.165) is 12.0 Å². The second-order valence-corrected chi connectivity index (χ2v) is 9.81. The van der Waals surface area contributed by atoms with E-state index in [9.17, 15) is 13.2 Å². The van der Waals surface area contributed by atoms with Gasteiger partial charge in [-0.25, -0.2) is 12.7 Å². The van der Waals surface area contributed by atoms with Crippen molar-refractivity contribution in [2.45, 2.75) is 44.0 Å². The number of rotatable bonds is 11. The molecule has 0 aromatic heterocycles. The third kappa shape index (κ3) is 6.85. The Kier molecular flexibility index (Phi) is 8.87. The number of carbonyl (C=O) groups is 1. The van der Waals surface area contributed by atoms with Crippen LogP contribution in [-0.2, 0) is 14.8 Å². The van der Waals surface area contributed by atoms with Crippen LogP contribution in [0.25, 0.3) is 0 Å². The Hall–Kier alpha value is -2.38. The molecule has 2 rings (SSSR count). The maximum absolute atomic E-state index is 12.7. The normalized spacial score (nSPS) is 12.7.